The van der Waals surface area contributed by atoms with Crippen molar-refractivity contribution in [1.29, 1.82) is 0 Å². The fourth-order valence-electron chi connectivity index (χ4n) is 1.69. The Morgan fingerprint density at radius 3 is 2.31 bits per heavy atom. The van der Waals surface area contributed by atoms with Gasteiger partial charge in [0.05, 0.1) is 7.11 Å². The van der Waals surface area contributed by atoms with Gasteiger partial charge >= 0.3 is 5.97 Å². The molecule has 1 aromatic rings. The van der Waals surface area contributed by atoms with Gasteiger partial charge in [-0.05, 0) is 30.4 Å². The van der Waals surface area contributed by atoms with E-state index in [1.165, 1.54) is 11.8 Å². The summed E-state index contributed by atoms with van der Waals surface area (Å²) in [6.07, 6.45) is 2.37. The van der Waals surface area contributed by atoms with E-state index in [9.17, 15) is 9.90 Å². The molecule has 1 N–H and O–H groups in total. The third kappa shape index (κ3) is 2.16. The number of ether oxygens (including phenoxy) is 1. The molecule has 0 saturated heterocycles. The Hall–Kier alpha value is -1.16. The maximum Gasteiger partial charge on any atom is 0.324 e. The molecule has 0 aliphatic heterocycles. The standard InChI is InChI=1S/C12H16O3S/c1-4-12(16-3,11(13)14)9-5-7-10(15-2)8-6-9/h5-8H,4H2,1-3H3,(H,13,14). The van der Waals surface area contributed by atoms with E-state index in [-0.39, 0.29) is 0 Å². The molecule has 1 atom stereocenters. The first kappa shape index (κ1) is 12.9. The maximum atomic E-state index is 11.4. The van der Waals surface area contributed by atoms with Gasteiger partial charge in [-0.1, -0.05) is 19.1 Å². The number of rotatable bonds is 5. The van der Waals surface area contributed by atoms with Gasteiger partial charge in [0.2, 0.25) is 0 Å². The minimum Gasteiger partial charge on any atom is -0.497 e. The van der Waals surface area contributed by atoms with Gasteiger partial charge in [-0.3, -0.25) is 4.79 Å². The highest BCUT2D eigenvalue weighted by atomic mass is 32.2. The van der Waals surface area contributed by atoms with Gasteiger partial charge in [0.15, 0.2) is 0 Å². The smallest absolute Gasteiger partial charge is 0.324 e. The molecular formula is C12H16O3S. The van der Waals surface area contributed by atoms with Gasteiger partial charge < -0.3 is 9.84 Å². The van der Waals surface area contributed by atoms with Crippen LogP contribution >= 0.6 is 11.8 Å². The highest BCUT2D eigenvalue weighted by Gasteiger charge is 2.37. The van der Waals surface area contributed by atoms with Crippen LogP contribution in [0.25, 0.3) is 0 Å². The van der Waals surface area contributed by atoms with Crippen molar-refractivity contribution in [3.8, 4) is 5.75 Å². The summed E-state index contributed by atoms with van der Waals surface area (Å²) in [5, 5.41) is 9.35. The summed E-state index contributed by atoms with van der Waals surface area (Å²) in [5.41, 5.74) is 0.802. The van der Waals surface area contributed by atoms with Gasteiger partial charge in [0.1, 0.15) is 10.5 Å². The van der Waals surface area contributed by atoms with E-state index in [1.54, 1.807) is 19.2 Å². The lowest BCUT2D eigenvalue weighted by molar-refractivity contribution is -0.140. The van der Waals surface area contributed by atoms with E-state index in [0.29, 0.717) is 6.42 Å². The molecule has 0 fully saturated rings. The topological polar surface area (TPSA) is 46.5 Å². The molecule has 0 amide bonds. The number of hydrogen-bond donors (Lipinski definition) is 1. The Labute approximate surface area is 99.8 Å². The van der Waals surface area contributed by atoms with E-state index in [1.807, 2.05) is 25.3 Å². The number of hydrogen-bond acceptors (Lipinski definition) is 3. The molecule has 0 aromatic heterocycles. The second-order valence-corrected chi connectivity index (χ2v) is 4.52. The molecule has 3 nitrogen and oxygen atoms in total. The molecule has 88 valence electrons. The average molecular weight is 240 g/mol. The summed E-state index contributed by atoms with van der Waals surface area (Å²) in [6.45, 7) is 1.88. The van der Waals surface area contributed by atoms with Crippen molar-refractivity contribution in [2.45, 2.75) is 18.1 Å². The maximum absolute atomic E-state index is 11.4. The lowest BCUT2D eigenvalue weighted by Crippen LogP contribution is -2.31. The molecule has 0 saturated carbocycles. The molecule has 0 spiro atoms. The Morgan fingerprint density at radius 1 is 1.44 bits per heavy atom. The van der Waals surface area contributed by atoms with E-state index in [4.69, 9.17) is 4.74 Å². The van der Waals surface area contributed by atoms with Gasteiger partial charge in [-0.15, -0.1) is 11.8 Å². The summed E-state index contributed by atoms with van der Waals surface area (Å²) in [6, 6.07) is 7.21. The molecule has 0 aliphatic carbocycles. The monoisotopic (exact) mass is 240 g/mol. The molecule has 4 heteroatoms. The first-order valence-electron chi connectivity index (χ1n) is 5.03. The molecule has 0 heterocycles. The van der Waals surface area contributed by atoms with Gasteiger partial charge in [-0.25, -0.2) is 0 Å². The van der Waals surface area contributed by atoms with Crippen LogP contribution in [-0.2, 0) is 9.54 Å². The fourth-order valence-corrected chi connectivity index (χ4v) is 2.52. The molecular weight excluding hydrogens is 224 g/mol. The highest BCUT2D eigenvalue weighted by molar-refractivity contribution is 8.00. The lowest BCUT2D eigenvalue weighted by Gasteiger charge is -2.26. The number of carboxylic acid groups (broad SMARTS) is 1. The van der Waals surface area contributed by atoms with Crippen LogP contribution in [0.1, 0.15) is 18.9 Å². The van der Waals surface area contributed by atoms with Crippen molar-refractivity contribution in [3.63, 3.8) is 0 Å². The third-order valence-corrected chi connectivity index (χ3v) is 4.14. The lowest BCUT2D eigenvalue weighted by atomic mass is 9.95. The predicted molar refractivity (Wildman–Crippen MR) is 66.1 cm³/mol. The fraction of sp³-hybridized carbons (Fsp3) is 0.417. The van der Waals surface area contributed by atoms with Gasteiger partial charge in [0, 0.05) is 0 Å². The molecule has 0 aliphatic rings. The Kier molecular flexibility index (Phi) is 4.24. The molecule has 0 radical (unpaired) electrons. The van der Waals surface area contributed by atoms with Crippen LogP contribution in [0.15, 0.2) is 24.3 Å². The third-order valence-electron chi connectivity index (χ3n) is 2.75. The number of carboxylic acids is 1. The van der Waals surface area contributed by atoms with Crippen LogP contribution in [0.3, 0.4) is 0 Å². The Balaban J connectivity index is 3.16. The molecule has 1 unspecified atom stereocenters. The van der Waals surface area contributed by atoms with Gasteiger partial charge in [-0.2, -0.15) is 0 Å². The number of benzene rings is 1. The first-order chi connectivity index (χ1) is 7.60. The first-order valence-corrected chi connectivity index (χ1v) is 6.26. The molecule has 16 heavy (non-hydrogen) atoms. The SMILES string of the molecule is CCC(SC)(C(=O)O)c1ccc(OC)cc1. The van der Waals surface area contributed by atoms with E-state index >= 15 is 0 Å². The minimum absolute atomic E-state index is 0.551. The number of carbonyl (C=O) groups is 1. The second kappa shape index (κ2) is 5.25. The Bertz CT molecular complexity index is 355. The average Bonchev–Trinajstić information content (AvgIpc) is 2.32. The summed E-state index contributed by atoms with van der Waals surface area (Å²) in [7, 11) is 1.59. The van der Waals surface area contributed by atoms with Crippen molar-refractivity contribution in [2.24, 2.45) is 0 Å². The minimum atomic E-state index is -0.855. The summed E-state index contributed by atoms with van der Waals surface area (Å²) in [4.78, 5) is 11.4. The van der Waals surface area contributed by atoms with Crippen molar-refractivity contribution in [2.75, 3.05) is 13.4 Å². The summed E-state index contributed by atoms with van der Waals surface area (Å²) in [5.74, 6) is -0.0621. The number of methoxy groups -OCH3 is 1. The molecule has 1 aromatic carbocycles. The van der Waals surface area contributed by atoms with Crippen LogP contribution in [-0.4, -0.2) is 24.4 Å². The quantitative estimate of drug-likeness (QED) is 0.859. The zero-order valence-electron chi connectivity index (χ0n) is 9.69. The van der Waals surface area contributed by atoms with Crippen LogP contribution in [0.4, 0.5) is 0 Å². The number of aliphatic carboxylic acids is 1. The summed E-state index contributed by atoms with van der Waals surface area (Å²) >= 11 is 1.35. The highest BCUT2D eigenvalue weighted by Crippen LogP contribution is 2.38. The van der Waals surface area contributed by atoms with E-state index in [0.717, 1.165) is 11.3 Å². The Morgan fingerprint density at radius 2 is 2.00 bits per heavy atom. The molecule has 0 bridgehead atoms. The van der Waals surface area contributed by atoms with Crippen LogP contribution in [0.5, 0.6) is 5.75 Å². The van der Waals surface area contributed by atoms with E-state index in [2.05, 4.69) is 0 Å². The second-order valence-electron chi connectivity index (χ2n) is 3.42. The number of thioether (sulfide) groups is 1. The van der Waals surface area contributed by atoms with Crippen molar-refractivity contribution in [3.05, 3.63) is 29.8 Å². The largest absolute Gasteiger partial charge is 0.497 e. The zero-order valence-corrected chi connectivity index (χ0v) is 10.5. The van der Waals surface area contributed by atoms with Crippen molar-refractivity contribution >= 4 is 17.7 Å². The van der Waals surface area contributed by atoms with Gasteiger partial charge in [0.25, 0.3) is 0 Å². The molecule has 1 rings (SSSR count). The summed E-state index contributed by atoms with van der Waals surface area (Å²) < 4.78 is 4.20. The van der Waals surface area contributed by atoms with Crippen LogP contribution in [0, 0.1) is 0 Å². The zero-order chi connectivity index (χ0) is 12.2. The van der Waals surface area contributed by atoms with Crippen LogP contribution < -0.4 is 4.74 Å². The van der Waals surface area contributed by atoms with Crippen molar-refractivity contribution < 1.29 is 14.6 Å². The van der Waals surface area contributed by atoms with Crippen LogP contribution in [0.2, 0.25) is 0 Å². The van der Waals surface area contributed by atoms with Crippen molar-refractivity contribution in [1.82, 2.24) is 0 Å². The predicted octanol–water partition coefficient (Wildman–Crippen LogP) is 2.75. The van der Waals surface area contributed by atoms with E-state index < -0.39 is 10.7 Å². The normalized spacial score (nSPS) is 14.2.